The molecule has 5 nitrogen and oxygen atoms in total. The molecule has 0 saturated heterocycles. The molecule has 0 rings (SSSR count). The Morgan fingerprint density at radius 1 is 1.14 bits per heavy atom. The Bertz CT molecular complexity index is 487. The van der Waals surface area contributed by atoms with Crippen molar-refractivity contribution in [3.8, 4) is 0 Å². The zero-order chi connectivity index (χ0) is 22.4. The van der Waals surface area contributed by atoms with Gasteiger partial charge in [-0.15, -0.1) is 0 Å². The summed E-state index contributed by atoms with van der Waals surface area (Å²) in [5, 5.41) is 12.7. The van der Waals surface area contributed by atoms with E-state index in [1.54, 1.807) is 0 Å². The van der Waals surface area contributed by atoms with E-state index in [9.17, 15) is 14.7 Å². The van der Waals surface area contributed by atoms with E-state index in [1.165, 1.54) is 6.08 Å². The lowest BCUT2D eigenvalue weighted by Gasteiger charge is -2.43. The van der Waals surface area contributed by atoms with Crippen molar-refractivity contribution in [1.29, 1.82) is 0 Å². The number of carboxylic acid groups (broad SMARTS) is 1. The van der Waals surface area contributed by atoms with Gasteiger partial charge in [-0.1, -0.05) is 61.0 Å². The lowest BCUT2D eigenvalue weighted by Crippen LogP contribution is -2.42. The Morgan fingerprint density at radius 3 is 2.21 bits per heavy atom. The lowest BCUT2D eigenvalue weighted by atomic mass is 9.66. The predicted molar refractivity (Wildman–Crippen MR) is 120 cm³/mol. The fraction of sp³-hybridized carbons (Fsp3) is 0.833. The SMILES string of the molecule is C=CC(=O)NCCCOC(CC(C)CC)C(CC)(CC)C[C@@H](C(=O)O)[C@@H](C)CC. The molecule has 0 bridgehead atoms. The van der Waals surface area contributed by atoms with Gasteiger partial charge in [-0.05, 0) is 55.4 Å². The minimum atomic E-state index is -0.694. The molecule has 170 valence electrons. The van der Waals surface area contributed by atoms with Gasteiger partial charge in [-0.25, -0.2) is 0 Å². The number of amides is 1. The van der Waals surface area contributed by atoms with Crippen LogP contribution in [0.3, 0.4) is 0 Å². The summed E-state index contributed by atoms with van der Waals surface area (Å²) in [6.07, 6.45) is 7.35. The third-order valence-corrected chi connectivity index (χ3v) is 6.80. The molecule has 0 aromatic carbocycles. The highest BCUT2D eigenvalue weighted by molar-refractivity contribution is 5.86. The molecule has 0 aliphatic carbocycles. The number of rotatable bonds is 17. The van der Waals surface area contributed by atoms with Crippen molar-refractivity contribution >= 4 is 11.9 Å². The zero-order valence-corrected chi connectivity index (χ0v) is 19.6. The topological polar surface area (TPSA) is 75.6 Å². The van der Waals surface area contributed by atoms with Crippen LogP contribution in [0.4, 0.5) is 0 Å². The van der Waals surface area contributed by atoms with Gasteiger partial charge in [0.2, 0.25) is 5.91 Å². The molecule has 0 fully saturated rings. The van der Waals surface area contributed by atoms with Crippen molar-refractivity contribution in [3.05, 3.63) is 12.7 Å². The Hall–Kier alpha value is -1.36. The quantitative estimate of drug-likeness (QED) is 0.247. The number of hydrogen-bond acceptors (Lipinski definition) is 3. The maximum atomic E-state index is 12.0. The molecule has 0 aromatic heterocycles. The van der Waals surface area contributed by atoms with Gasteiger partial charge >= 0.3 is 5.97 Å². The van der Waals surface area contributed by atoms with Crippen LogP contribution in [-0.2, 0) is 14.3 Å². The first-order valence-electron chi connectivity index (χ1n) is 11.5. The second-order valence-electron chi connectivity index (χ2n) is 8.56. The Kier molecular flexibility index (Phi) is 13.9. The number of carboxylic acids is 1. The number of hydrogen-bond donors (Lipinski definition) is 2. The van der Waals surface area contributed by atoms with E-state index < -0.39 is 5.97 Å². The Labute approximate surface area is 178 Å². The molecule has 5 heteroatoms. The molecule has 2 N–H and O–H groups in total. The highest BCUT2D eigenvalue weighted by Crippen LogP contribution is 2.44. The van der Waals surface area contributed by atoms with Crippen molar-refractivity contribution in [2.75, 3.05) is 13.2 Å². The number of carbonyl (C=O) groups is 2. The largest absolute Gasteiger partial charge is 0.481 e. The number of carbonyl (C=O) groups excluding carboxylic acids is 1. The van der Waals surface area contributed by atoms with Crippen LogP contribution < -0.4 is 5.32 Å². The summed E-state index contributed by atoms with van der Waals surface area (Å²) in [6.45, 7) is 17.4. The molecule has 0 aliphatic heterocycles. The summed E-state index contributed by atoms with van der Waals surface area (Å²) in [4.78, 5) is 23.3. The predicted octanol–water partition coefficient (Wildman–Crippen LogP) is 5.44. The minimum absolute atomic E-state index is 0.0217. The average Bonchev–Trinajstić information content (AvgIpc) is 2.72. The van der Waals surface area contributed by atoms with Crippen LogP contribution in [-0.4, -0.2) is 36.2 Å². The molecule has 0 radical (unpaired) electrons. The molecule has 1 amide bonds. The van der Waals surface area contributed by atoms with E-state index in [0.29, 0.717) is 25.5 Å². The molecule has 0 spiro atoms. The van der Waals surface area contributed by atoms with E-state index in [0.717, 1.165) is 38.5 Å². The first-order valence-corrected chi connectivity index (χ1v) is 11.5. The van der Waals surface area contributed by atoms with Crippen LogP contribution in [0.25, 0.3) is 0 Å². The van der Waals surface area contributed by atoms with Gasteiger partial charge < -0.3 is 15.2 Å². The Balaban J connectivity index is 5.39. The smallest absolute Gasteiger partial charge is 0.306 e. The van der Waals surface area contributed by atoms with Crippen molar-refractivity contribution in [3.63, 3.8) is 0 Å². The molecule has 29 heavy (non-hydrogen) atoms. The van der Waals surface area contributed by atoms with Gasteiger partial charge in [0.25, 0.3) is 0 Å². The molecular weight excluding hydrogens is 366 g/mol. The number of ether oxygens (including phenoxy) is 1. The zero-order valence-electron chi connectivity index (χ0n) is 19.6. The van der Waals surface area contributed by atoms with Gasteiger partial charge in [0.15, 0.2) is 0 Å². The first kappa shape index (κ1) is 27.6. The molecular formula is C24H45NO4. The summed E-state index contributed by atoms with van der Waals surface area (Å²) < 4.78 is 6.40. The van der Waals surface area contributed by atoms with Crippen LogP contribution in [0, 0.1) is 23.2 Å². The fourth-order valence-electron chi connectivity index (χ4n) is 3.99. The Morgan fingerprint density at radius 2 is 1.76 bits per heavy atom. The molecule has 2 unspecified atom stereocenters. The van der Waals surface area contributed by atoms with Gasteiger partial charge in [-0.3, -0.25) is 9.59 Å². The van der Waals surface area contributed by atoms with Gasteiger partial charge in [0.1, 0.15) is 0 Å². The van der Waals surface area contributed by atoms with E-state index >= 15 is 0 Å². The average molecular weight is 412 g/mol. The molecule has 0 saturated carbocycles. The van der Waals surface area contributed by atoms with Crippen LogP contribution in [0.15, 0.2) is 12.7 Å². The fourth-order valence-corrected chi connectivity index (χ4v) is 3.99. The van der Waals surface area contributed by atoms with E-state index in [-0.39, 0.29) is 29.3 Å². The van der Waals surface area contributed by atoms with Crippen molar-refractivity contribution < 1.29 is 19.4 Å². The summed E-state index contributed by atoms with van der Waals surface area (Å²) in [7, 11) is 0. The summed E-state index contributed by atoms with van der Waals surface area (Å²) >= 11 is 0. The number of nitrogens with one attached hydrogen (secondary N) is 1. The highest BCUT2D eigenvalue weighted by Gasteiger charge is 2.41. The maximum absolute atomic E-state index is 12.0. The van der Waals surface area contributed by atoms with Crippen LogP contribution in [0.1, 0.15) is 86.5 Å². The minimum Gasteiger partial charge on any atom is -0.481 e. The van der Waals surface area contributed by atoms with Crippen LogP contribution in [0.2, 0.25) is 0 Å². The summed E-state index contributed by atoms with van der Waals surface area (Å²) in [5.74, 6) is -0.557. The summed E-state index contributed by atoms with van der Waals surface area (Å²) in [5.41, 5.74) is -0.152. The van der Waals surface area contributed by atoms with Gasteiger partial charge in [0.05, 0.1) is 12.0 Å². The van der Waals surface area contributed by atoms with E-state index in [1.807, 2.05) is 6.92 Å². The molecule has 0 aromatic rings. The normalized spacial score (nSPS) is 15.9. The van der Waals surface area contributed by atoms with Crippen molar-refractivity contribution in [2.24, 2.45) is 23.2 Å². The van der Waals surface area contributed by atoms with Gasteiger partial charge in [-0.2, -0.15) is 0 Å². The van der Waals surface area contributed by atoms with Crippen molar-refractivity contribution in [1.82, 2.24) is 5.32 Å². The second kappa shape index (κ2) is 14.6. The first-order chi connectivity index (χ1) is 13.7. The standard InChI is InChI=1S/C24H45NO4/c1-8-18(6)16-21(29-15-13-14-25-22(26)10-3)24(11-4,12-5)17-20(23(27)28)19(7)9-2/h10,18-21H,3,8-9,11-17H2,1-2,4-7H3,(H,25,26)(H,27,28)/t18?,19-,20+,21?/m0/s1. The second-order valence-corrected chi connectivity index (χ2v) is 8.56. The monoisotopic (exact) mass is 411 g/mol. The van der Waals surface area contributed by atoms with E-state index in [2.05, 4.69) is 46.5 Å². The van der Waals surface area contributed by atoms with Gasteiger partial charge in [0, 0.05) is 13.2 Å². The van der Waals surface area contributed by atoms with Crippen LogP contribution in [0.5, 0.6) is 0 Å². The lowest BCUT2D eigenvalue weighted by molar-refractivity contribution is -0.147. The van der Waals surface area contributed by atoms with Crippen molar-refractivity contribution in [2.45, 2.75) is 92.6 Å². The molecule has 0 heterocycles. The molecule has 0 aliphatic rings. The highest BCUT2D eigenvalue weighted by atomic mass is 16.5. The van der Waals surface area contributed by atoms with Crippen LogP contribution >= 0.6 is 0 Å². The van der Waals surface area contributed by atoms with E-state index in [4.69, 9.17) is 4.74 Å². The third-order valence-electron chi connectivity index (χ3n) is 6.80. The maximum Gasteiger partial charge on any atom is 0.306 e. The third kappa shape index (κ3) is 9.33. The molecule has 4 atom stereocenters. The number of aliphatic carboxylic acids is 1. The summed E-state index contributed by atoms with van der Waals surface area (Å²) in [6, 6.07) is 0.